The van der Waals surface area contributed by atoms with E-state index in [0.29, 0.717) is 5.56 Å². The van der Waals surface area contributed by atoms with E-state index in [4.69, 9.17) is 14.1 Å². The number of carbonyl (C=O) groups excluding carboxylic acids is 2. The van der Waals surface area contributed by atoms with Crippen LogP contribution in [-0.2, 0) is 14.2 Å². The molecule has 7 nitrogen and oxygen atoms in total. The molecule has 0 bridgehead atoms. The van der Waals surface area contributed by atoms with Gasteiger partial charge in [-0.3, -0.25) is 0 Å². The Morgan fingerprint density at radius 2 is 2.12 bits per heavy atom. The monoisotopic (exact) mass is 336 g/mol. The number of hydrogen-bond donors (Lipinski definition) is 1. The molecule has 126 valence electrons. The van der Waals surface area contributed by atoms with E-state index in [0.717, 1.165) is 25.3 Å². The number of benzene rings is 1. The minimum atomic E-state index is -1.07. The Balaban J connectivity index is 1.44. The maximum atomic E-state index is 14.1. The van der Waals surface area contributed by atoms with Crippen molar-refractivity contribution in [2.24, 2.45) is 0 Å². The number of halogens is 1. The van der Waals surface area contributed by atoms with Crippen LogP contribution >= 0.6 is 0 Å². The van der Waals surface area contributed by atoms with Crippen molar-refractivity contribution in [2.75, 3.05) is 6.79 Å². The lowest BCUT2D eigenvalue weighted by atomic mass is 9.77. The first-order valence-corrected chi connectivity index (χ1v) is 7.72. The van der Waals surface area contributed by atoms with Gasteiger partial charge in [0.15, 0.2) is 0 Å². The van der Waals surface area contributed by atoms with Gasteiger partial charge in [0, 0.05) is 5.82 Å². The Labute approximate surface area is 136 Å². The summed E-state index contributed by atoms with van der Waals surface area (Å²) in [5.74, 6) is -1.83. The summed E-state index contributed by atoms with van der Waals surface area (Å²) in [6.45, 7) is -0.692. The normalized spacial score (nSPS) is 23.5. The summed E-state index contributed by atoms with van der Waals surface area (Å²) in [4.78, 5) is 23.4. The fraction of sp³-hybridized carbons (Fsp3) is 0.467. The lowest BCUT2D eigenvalue weighted by Gasteiger charge is -2.21. The average molecular weight is 336 g/mol. The zero-order valence-corrected chi connectivity index (χ0v) is 12.6. The standard InChI is InChI=1S/C15H14BFO7/c17-11-4-3-8-9-5-10(9)16(20)24-13(8)12(11)14(18)21-6-22-15(19)23-7-1-2-7/h3-4,7,9-10,20H,1-2,5-6H2/t9-,10-/m1/s1. The molecule has 2 saturated carbocycles. The first-order chi connectivity index (χ1) is 11.5. The third-order valence-electron chi connectivity index (χ3n) is 4.34. The molecule has 0 amide bonds. The third-order valence-corrected chi connectivity index (χ3v) is 4.34. The molecule has 2 aliphatic carbocycles. The lowest BCUT2D eigenvalue weighted by molar-refractivity contribution is -0.0296. The van der Waals surface area contributed by atoms with Crippen molar-refractivity contribution < 1.29 is 37.9 Å². The Morgan fingerprint density at radius 3 is 2.88 bits per heavy atom. The molecule has 3 aliphatic rings. The molecule has 24 heavy (non-hydrogen) atoms. The van der Waals surface area contributed by atoms with E-state index in [-0.39, 0.29) is 23.6 Å². The van der Waals surface area contributed by atoms with Crippen LogP contribution in [0.2, 0.25) is 5.82 Å². The van der Waals surface area contributed by atoms with E-state index in [1.807, 2.05) is 0 Å². The largest absolute Gasteiger partial charge is 0.535 e. The van der Waals surface area contributed by atoms with Gasteiger partial charge in [0.25, 0.3) is 0 Å². The van der Waals surface area contributed by atoms with Crippen molar-refractivity contribution in [1.29, 1.82) is 0 Å². The minimum Gasteiger partial charge on any atom is -0.535 e. The Bertz CT molecular complexity index is 705. The molecule has 0 aromatic heterocycles. The maximum Gasteiger partial charge on any atom is 0.526 e. The molecular formula is C15H14BFO7. The molecule has 1 aromatic carbocycles. The minimum absolute atomic E-state index is 0.00759. The molecule has 0 radical (unpaired) electrons. The number of hydrogen-bond acceptors (Lipinski definition) is 7. The van der Waals surface area contributed by atoms with Crippen LogP contribution in [0.15, 0.2) is 12.1 Å². The van der Waals surface area contributed by atoms with Crippen LogP contribution in [0, 0.1) is 5.82 Å². The van der Waals surface area contributed by atoms with E-state index < -0.39 is 37.4 Å². The first-order valence-electron chi connectivity index (χ1n) is 7.72. The van der Waals surface area contributed by atoms with E-state index in [1.165, 1.54) is 0 Å². The Morgan fingerprint density at radius 1 is 1.33 bits per heavy atom. The van der Waals surface area contributed by atoms with Crippen molar-refractivity contribution in [3.63, 3.8) is 0 Å². The number of fused-ring (bicyclic) bond motifs is 3. The summed E-state index contributed by atoms with van der Waals surface area (Å²) in [5.41, 5.74) is 0.267. The molecule has 1 N–H and O–H groups in total. The van der Waals surface area contributed by atoms with Gasteiger partial charge in [-0.15, -0.1) is 0 Å². The summed E-state index contributed by atoms with van der Waals surface area (Å²) in [7, 11) is -1.07. The molecule has 2 atom stereocenters. The highest BCUT2D eigenvalue weighted by Crippen LogP contribution is 2.60. The fourth-order valence-corrected chi connectivity index (χ4v) is 2.84. The van der Waals surface area contributed by atoms with Crippen molar-refractivity contribution >= 4 is 19.2 Å². The van der Waals surface area contributed by atoms with E-state index in [9.17, 15) is 19.0 Å². The third kappa shape index (κ3) is 2.79. The van der Waals surface area contributed by atoms with Crippen molar-refractivity contribution in [3.8, 4) is 5.75 Å². The van der Waals surface area contributed by atoms with Crippen LogP contribution in [0.1, 0.15) is 41.1 Å². The van der Waals surface area contributed by atoms with Gasteiger partial charge in [0.2, 0.25) is 6.79 Å². The molecule has 0 spiro atoms. The smallest absolute Gasteiger partial charge is 0.526 e. The summed E-state index contributed by atoms with van der Waals surface area (Å²) in [6.07, 6.45) is 1.24. The zero-order valence-electron chi connectivity index (χ0n) is 12.6. The summed E-state index contributed by atoms with van der Waals surface area (Å²) in [5, 5.41) is 9.82. The number of carbonyl (C=O) groups is 2. The van der Waals surface area contributed by atoms with Crippen LogP contribution in [0.5, 0.6) is 5.75 Å². The van der Waals surface area contributed by atoms with Gasteiger partial charge in [-0.05, 0) is 36.8 Å². The van der Waals surface area contributed by atoms with Gasteiger partial charge >= 0.3 is 19.2 Å². The second-order valence-corrected chi connectivity index (χ2v) is 6.12. The topological polar surface area (TPSA) is 91.3 Å². The predicted octanol–water partition coefficient (Wildman–Crippen LogP) is 1.99. The van der Waals surface area contributed by atoms with Crippen molar-refractivity contribution in [1.82, 2.24) is 0 Å². The summed E-state index contributed by atoms with van der Waals surface area (Å²) >= 11 is 0. The van der Waals surface area contributed by atoms with Gasteiger partial charge in [0.1, 0.15) is 23.2 Å². The molecule has 1 heterocycles. The van der Waals surface area contributed by atoms with Gasteiger partial charge in [-0.2, -0.15) is 0 Å². The maximum absolute atomic E-state index is 14.1. The van der Waals surface area contributed by atoms with Gasteiger partial charge in [-0.25, -0.2) is 14.0 Å². The second kappa shape index (κ2) is 5.66. The van der Waals surface area contributed by atoms with E-state index in [2.05, 4.69) is 4.74 Å². The molecule has 4 rings (SSSR count). The predicted molar refractivity (Wildman–Crippen MR) is 77.0 cm³/mol. The van der Waals surface area contributed by atoms with Gasteiger partial charge < -0.3 is 23.9 Å². The Kier molecular flexibility index (Phi) is 3.60. The highest BCUT2D eigenvalue weighted by atomic mass is 19.1. The SMILES string of the molecule is O=C(OCOC(=O)c1c(F)ccc2c1OB(O)[C@@H]1C[C@H]21)OC1CC1. The van der Waals surface area contributed by atoms with Crippen molar-refractivity contribution in [2.45, 2.75) is 37.1 Å². The molecular weight excluding hydrogens is 322 g/mol. The highest BCUT2D eigenvalue weighted by molar-refractivity contribution is 6.48. The molecule has 9 heteroatoms. The quantitative estimate of drug-likeness (QED) is 0.511. The fourth-order valence-electron chi connectivity index (χ4n) is 2.84. The molecule has 2 fully saturated rings. The Hall–Kier alpha value is -2.29. The number of rotatable bonds is 4. The first kappa shape index (κ1) is 15.3. The second-order valence-electron chi connectivity index (χ2n) is 6.12. The van der Waals surface area contributed by atoms with Crippen LogP contribution in [0.25, 0.3) is 0 Å². The van der Waals surface area contributed by atoms with Crippen LogP contribution in [0.3, 0.4) is 0 Å². The zero-order chi connectivity index (χ0) is 16.8. The van der Waals surface area contributed by atoms with Crippen molar-refractivity contribution in [3.05, 3.63) is 29.1 Å². The molecule has 1 aromatic rings. The average Bonchev–Trinajstić information content (AvgIpc) is 3.41. The van der Waals surface area contributed by atoms with E-state index >= 15 is 0 Å². The molecule has 1 aliphatic heterocycles. The van der Waals surface area contributed by atoms with Crippen LogP contribution < -0.4 is 4.65 Å². The van der Waals surface area contributed by atoms with Crippen LogP contribution in [-0.4, -0.2) is 37.2 Å². The molecule has 0 unspecified atom stereocenters. The summed E-state index contributed by atoms with van der Waals surface area (Å²) < 4.78 is 33.5. The van der Waals surface area contributed by atoms with Gasteiger partial charge in [0.05, 0.1) is 0 Å². The lowest BCUT2D eigenvalue weighted by Crippen LogP contribution is -2.28. The van der Waals surface area contributed by atoms with E-state index in [1.54, 1.807) is 6.07 Å². The number of ether oxygens (including phenoxy) is 3. The molecule has 0 saturated heterocycles. The number of esters is 1. The van der Waals surface area contributed by atoms with Gasteiger partial charge in [-0.1, -0.05) is 6.07 Å². The van der Waals surface area contributed by atoms with Crippen LogP contribution in [0.4, 0.5) is 9.18 Å². The summed E-state index contributed by atoms with van der Waals surface area (Å²) in [6, 6.07) is 2.70. The highest BCUT2D eigenvalue weighted by Gasteiger charge is 2.54.